The van der Waals surface area contributed by atoms with E-state index in [4.69, 9.17) is 4.74 Å². The number of thioether (sulfide) groups is 1. The highest BCUT2D eigenvalue weighted by Gasteiger charge is 2.41. The minimum atomic E-state index is -0.601. The lowest BCUT2D eigenvalue weighted by Gasteiger charge is -2.31. The van der Waals surface area contributed by atoms with E-state index in [1.807, 2.05) is 67.6 Å². The zero-order valence-electron chi connectivity index (χ0n) is 17.5. The number of anilines is 1. The Morgan fingerprint density at radius 1 is 1.26 bits per heavy atom. The van der Waals surface area contributed by atoms with Gasteiger partial charge in [0.2, 0.25) is 5.91 Å². The highest BCUT2D eigenvalue weighted by molar-refractivity contribution is 7.99. The number of benzene rings is 2. The van der Waals surface area contributed by atoms with Crippen LogP contribution in [0.25, 0.3) is 17.3 Å². The van der Waals surface area contributed by atoms with Crippen LogP contribution in [0.5, 0.6) is 11.6 Å². The minimum absolute atomic E-state index is 0.147. The topological polar surface area (TPSA) is 82.3 Å². The molecule has 4 rings (SSSR count). The van der Waals surface area contributed by atoms with E-state index in [1.165, 1.54) is 18.7 Å². The smallest absolute Gasteiger partial charge is 0.286 e. The van der Waals surface area contributed by atoms with Gasteiger partial charge >= 0.3 is 0 Å². The second-order valence-electron chi connectivity index (χ2n) is 6.88. The monoisotopic (exact) mass is 434 g/mol. The Morgan fingerprint density at radius 2 is 2.00 bits per heavy atom. The van der Waals surface area contributed by atoms with E-state index in [9.17, 15) is 9.90 Å². The van der Waals surface area contributed by atoms with Crippen molar-refractivity contribution in [2.45, 2.75) is 25.2 Å². The second kappa shape index (κ2) is 8.77. The Bertz CT molecular complexity index is 1150. The lowest BCUT2D eigenvalue weighted by atomic mass is 10.0. The Morgan fingerprint density at radius 3 is 2.68 bits per heavy atom. The van der Waals surface area contributed by atoms with Gasteiger partial charge in [-0.25, -0.2) is 9.88 Å². The molecule has 0 fully saturated rings. The van der Waals surface area contributed by atoms with Gasteiger partial charge in [0.05, 0.1) is 24.2 Å². The number of aromatic nitrogens is 3. The fraction of sp³-hybridized carbons (Fsp3) is 0.217. The van der Waals surface area contributed by atoms with E-state index in [2.05, 4.69) is 10.1 Å². The summed E-state index contributed by atoms with van der Waals surface area (Å²) in [5, 5.41) is 18.0. The highest BCUT2D eigenvalue weighted by Crippen LogP contribution is 2.39. The molecule has 0 spiro atoms. The summed E-state index contributed by atoms with van der Waals surface area (Å²) in [7, 11) is 1.62. The zero-order chi connectivity index (χ0) is 22.0. The number of para-hydroxylation sites is 1. The van der Waals surface area contributed by atoms with Crippen LogP contribution in [-0.4, -0.2) is 28.9 Å². The van der Waals surface area contributed by atoms with Crippen LogP contribution in [0.15, 0.2) is 59.8 Å². The maximum absolute atomic E-state index is 13.0. The number of carbonyl (C=O) groups is 1. The van der Waals surface area contributed by atoms with Crippen molar-refractivity contribution in [1.29, 1.82) is 0 Å². The van der Waals surface area contributed by atoms with E-state index in [1.54, 1.807) is 16.7 Å². The Balaban J connectivity index is 1.88. The van der Waals surface area contributed by atoms with Crippen LogP contribution in [0.4, 0.5) is 5.69 Å². The molecular weight excluding hydrogens is 412 g/mol. The summed E-state index contributed by atoms with van der Waals surface area (Å²) in [4.78, 5) is 18.5. The van der Waals surface area contributed by atoms with Crippen molar-refractivity contribution in [3.8, 4) is 22.9 Å². The standard InChI is InChI=1S/C23H22N4O3S/c1-4-31-23-24-22(29)21-18-7-5-6-8-19(18)26(15(2)28)20(27(21)25-23)14-11-16-9-12-17(30-3)13-10-16/h5-14,20H,4H2,1-3H3/b14-11+. The van der Waals surface area contributed by atoms with Crippen molar-refractivity contribution in [3.05, 3.63) is 60.2 Å². The molecule has 1 aromatic heterocycles. The molecule has 7 nitrogen and oxygen atoms in total. The van der Waals surface area contributed by atoms with Gasteiger partial charge in [0.15, 0.2) is 0 Å². The summed E-state index contributed by atoms with van der Waals surface area (Å²) in [6, 6.07) is 14.9. The first-order valence-corrected chi connectivity index (χ1v) is 10.9. The van der Waals surface area contributed by atoms with E-state index < -0.39 is 6.17 Å². The third-order valence-electron chi connectivity index (χ3n) is 4.95. The summed E-state index contributed by atoms with van der Waals surface area (Å²) in [5.41, 5.74) is 2.61. The fourth-order valence-corrected chi connectivity index (χ4v) is 4.15. The molecule has 0 bridgehead atoms. The molecule has 0 N–H and O–H groups in total. The summed E-state index contributed by atoms with van der Waals surface area (Å²) < 4.78 is 6.82. The van der Waals surface area contributed by atoms with Crippen molar-refractivity contribution in [1.82, 2.24) is 10.1 Å². The number of carbonyl (C=O) groups excluding carboxylic acids is 1. The zero-order valence-corrected chi connectivity index (χ0v) is 18.3. The van der Waals surface area contributed by atoms with Crippen LogP contribution in [-0.2, 0) is 4.79 Å². The molecule has 0 saturated carbocycles. The van der Waals surface area contributed by atoms with Crippen molar-refractivity contribution < 1.29 is 19.3 Å². The molecule has 2 aromatic carbocycles. The largest absolute Gasteiger partial charge is 0.854 e. The maximum atomic E-state index is 13.0. The molecule has 1 amide bonds. The molecule has 3 aromatic rings. The third kappa shape index (κ3) is 3.98. The predicted octanol–water partition coefficient (Wildman–Crippen LogP) is 3.20. The second-order valence-corrected chi connectivity index (χ2v) is 8.11. The minimum Gasteiger partial charge on any atom is -0.854 e. The molecule has 0 radical (unpaired) electrons. The number of rotatable bonds is 5. The molecule has 31 heavy (non-hydrogen) atoms. The molecular formula is C23H22N4O3S. The summed E-state index contributed by atoms with van der Waals surface area (Å²) >= 11 is 1.39. The van der Waals surface area contributed by atoms with Crippen LogP contribution in [0.1, 0.15) is 25.6 Å². The SMILES string of the molecule is CCSc1nc([O-])c2[n+](n1)C(/C=C/c1ccc(OC)cc1)N(C(C)=O)c1ccccc1-2. The van der Waals surface area contributed by atoms with Gasteiger partial charge in [0.1, 0.15) is 5.75 Å². The van der Waals surface area contributed by atoms with Crippen LogP contribution < -0.4 is 19.4 Å². The van der Waals surface area contributed by atoms with Crippen LogP contribution in [0.3, 0.4) is 0 Å². The van der Waals surface area contributed by atoms with E-state index in [-0.39, 0.29) is 11.8 Å². The molecule has 2 heterocycles. The number of fused-ring (bicyclic) bond motifs is 3. The van der Waals surface area contributed by atoms with Gasteiger partial charge in [0, 0.05) is 18.1 Å². The number of methoxy groups -OCH3 is 1. The Labute approximate surface area is 185 Å². The average molecular weight is 435 g/mol. The maximum Gasteiger partial charge on any atom is 0.286 e. The van der Waals surface area contributed by atoms with Gasteiger partial charge in [-0.3, -0.25) is 4.79 Å². The average Bonchev–Trinajstić information content (AvgIpc) is 2.77. The van der Waals surface area contributed by atoms with Crippen molar-refractivity contribution in [2.24, 2.45) is 0 Å². The van der Waals surface area contributed by atoms with Gasteiger partial charge in [-0.05, 0) is 35.6 Å². The summed E-state index contributed by atoms with van der Waals surface area (Å²) in [6.45, 7) is 3.48. The Hall–Kier alpha value is -3.39. The lowest BCUT2D eigenvalue weighted by Crippen LogP contribution is -2.57. The fourth-order valence-electron chi connectivity index (χ4n) is 3.59. The molecule has 158 valence electrons. The van der Waals surface area contributed by atoms with Crippen LogP contribution >= 0.6 is 11.8 Å². The first-order chi connectivity index (χ1) is 15.0. The van der Waals surface area contributed by atoms with Crippen molar-refractivity contribution >= 4 is 29.4 Å². The molecule has 1 unspecified atom stereocenters. The quantitative estimate of drug-likeness (QED) is 0.453. The third-order valence-corrected chi connectivity index (χ3v) is 5.67. The van der Waals surface area contributed by atoms with E-state index >= 15 is 0 Å². The lowest BCUT2D eigenvalue weighted by molar-refractivity contribution is -0.762. The first-order valence-electron chi connectivity index (χ1n) is 9.88. The highest BCUT2D eigenvalue weighted by atomic mass is 32.2. The van der Waals surface area contributed by atoms with Gasteiger partial charge in [-0.1, -0.05) is 53.7 Å². The molecule has 0 aliphatic carbocycles. The summed E-state index contributed by atoms with van der Waals surface area (Å²) in [6.07, 6.45) is 3.18. The molecule has 1 atom stereocenters. The van der Waals surface area contributed by atoms with Gasteiger partial charge in [0.25, 0.3) is 17.0 Å². The van der Waals surface area contributed by atoms with E-state index in [0.29, 0.717) is 22.1 Å². The molecule has 0 saturated heterocycles. The number of amides is 1. The van der Waals surface area contributed by atoms with Gasteiger partial charge in [-0.15, -0.1) is 0 Å². The normalized spacial score (nSPS) is 14.9. The van der Waals surface area contributed by atoms with Crippen LogP contribution in [0, 0.1) is 0 Å². The molecule has 1 aliphatic heterocycles. The Kier molecular flexibility index (Phi) is 5.90. The summed E-state index contributed by atoms with van der Waals surface area (Å²) in [5.74, 6) is 0.993. The predicted molar refractivity (Wildman–Crippen MR) is 118 cm³/mol. The molecule has 8 heteroatoms. The van der Waals surface area contributed by atoms with Crippen LogP contribution in [0.2, 0.25) is 0 Å². The van der Waals surface area contributed by atoms with Crippen molar-refractivity contribution in [2.75, 3.05) is 17.8 Å². The number of hydrogen-bond acceptors (Lipinski definition) is 6. The van der Waals surface area contributed by atoms with Crippen molar-refractivity contribution in [3.63, 3.8) is 0 Å². The number of nitrogens with zero attached hydrogens (tertiary/aromatic N) is 4. The van der Waals surface area contributed by atoms with Gasteiger partial charge in [-0.2, -0.15) is 0 Å². The number of hydrogen-bond donors (Lipinski definition) is 0. The first kappa shape index (κ1) is 20.9. The molecule has 1 aliphatic rings. The number of ether oxygens (including phenoxy) is 1. The van der Waals surface area contributed by atoms with E-state index in [0.717, 1.165) is 17.1 Å². The van der Waals surface area contributed by atoms with Gasteiger partial charge < -0.3 is 9.84 Å².